The van der Waals surface area contributed by atoms with Crippen LogP contribution in [0.4, 0.5) is 4.79 Å². The van der Waals surface area contributed by atoms with Gasteiger partial charge in [0.25, 0.3) is 0 Å². The molecule has 7 nitrogen and oxygen atoms in total. The second-order valence-electron chi connectivity index (χ2n) is 6.12. The van der Waals surface area contributed by atoms with E-state index >= 15 is 0 Å². The number of aliphatic hydroxyl groups is 2. The Balaban J connectivity index is 2.76. The number of hydrogen-bond donors (Lipinski definition) is 3. The van der Waals surface area contributed by atoms with Crippen LogP contribution in [0, 0.1) is 0 Å². The molecule has 1 unspecified atom stereocenters. The summed E-state index contributed by atoms with van der Waals surface area (Å²) in [6, 6.07) is 0. The Hall–Kier alpha value is -1.15. The van der Waals surface area contributed by atoms with Crippen molar-refractivity contribution in [2.45, 2.75) is 44.9 Å². The lowest BCUT2D eigenvalue weighted by molar-refractivity contribution is -0.190. The van der Waals surface area contributed by atoms with Crippen LogP contribution in [-0.4, -0.2) is 68.9 Å². The molecule has 1 aliphatic rings. The number of carbonyl (C=O) groups is 1. The SMILES string of the molecule is CN(CC(O)CO)C(=O)OC1=CC(C)(C)N(O)C1(C)C. The number of rotatable bonds is 4. The van der Waals surface area contributed by atoms with E-state index < -0.39 is 29.9 Å². The summed E-state index contributed by atoms with van der Waals surface area (Å²) < 4.78 is 5.29. The summed E-state index contributed by atoms with van der Waals surface area (Å²) in [4.78, 5) is 13.1. The topological polar surface area (TPSA) is 93.5 Å². The van der Waals surface area contributed by atoms with E-state index in [1.807, 2.05) is 0 Å². The zero-order valence-electron chi connectivity index (χ0n) is 12.6. The molecule has 1 heterocycles. The highest BCUT2D eigenvalue weighted by Gasteiger charge is 2.47. The van der Waals surface area contributed by atoms with E-state index in [2.05, 4.69) is 0 Å². The predicted octanol–water partition coefficient (Wildman–Crippen LogP) is 0.554. The normalized spacial score (nSPS) is 22.3. The molecule has 0 fully saturated rings. The molecule has 3 N–H and O–H groups in total. The first-order valence-corrected chi connectivity index (χ1v) is 6.46. The maximum absolute atomic E-state index is 11.9. The van der Waals surface area contributed by atoms with Gasteiger partial charge < -0.3 is 25.1 Å². The standard InChI is InChI=1S/C13H24N2O5/c1-12(2)6-10(13(3,4)15(12)19)20-11(18)14(5)7-9(17)8-16/h6,9,16-17,19H,7-8H2,1-5H3. The molecular weight excluding hydrogens is 264 g/mol. The van der Waals surface area contributed by atoms with Crippen molar-refractivity contribution in [3.8, 4) is 0 Å². The molecule has 1 aliphatic heterocycles. The number of hydrogen-bond acceptors (Lipinski definition) is 6. The molecular formula is C13H24N2O5. The molecule has 1 amide bonds. The van der Waals surface area contributed by atoms with Gasteiger partial charge in [-0.25, -0.2) is 4.79 Å². The highest BCUT2D eigenvalue weighted by Crippen LogP contribution is 2.38. The van der Waals surface area contributed by atoms with Crippen LogP contribution in [0.1, 0.15) is 27.7 Å². The lowest BCUT2D eigenvalue weighted by Crippen LogP contribution is -2.48. The molecule has 0 spiro atoms. The monoisotopic (exact) mass is 288 g/mol. The van der Waals surface area contributed by atoms with Gasteiger partial charge in [0.1, 0.15) is 5.76 Å². The minimum atomic E-state index is -1.01. The Morgan fingerprint density at radius 2 is 2.00 bits per heavy atom. The smallest absolute Gasteiger partial charge is 0.413 e. The van der Waals surface area contributed by atoms with Gasteiger partial charge in [0.15, 0.2) is 0 Å². The van der Waals surface area contributed by atoms with Gasteiger partial charge in [-0.15, -0.1) is 0 Å². The third-order valence-corrected chi connectivity index (χ3v) is 3.37. The van der Waals surface area contributed by atoms with Gasteiger partial charge in [0.05, 0.1) is 30.3 Å². The first kappa shape index (κ1) is 16.9. The second-order valence-corrected chi connectivity index (χ2v) is 6.12. The van der Waals surface area contributed by atoms with Gasteiger partial charge in [-0.1, -0.05) is 0 Å². The first-order chi connectivity index (χ1) is 9.02. The van der Waals surface area contributed by atoms with Gasteiger partial charge >= 0.3 is 6.09 Å². The zero-order chi connectivity index (χ0) is 15.7. The molecule has 0 aromatic rings. The third kappa shape index (κ3) is 3.29. The largest absolute Gasteiger partial charge is 0.414 e. The number of hydroxylamine groups is 2. The van der Waals surface area contributed by atoms with Gasteiger partial charge in [0.2, 0.25) is 0 Å². The van der Waals surface area contributed by atoms with Gasteiger partial charge in [-0.05, 0) is 33.8 Å². The Morgan fingerprint density at radius 3 is 2.40 bits per heavy atom. The molecule has 0 bridgehead atoms. The van der Waals surface area contributed by atoms with Crippen LogP contribution in [0.5, 0.6) is 0 Å². The summed E-state index contributed by atoms with van der Waals surface area (Å²) in [6.45, 7) is 6.62. The molecule has 20 heavy (non-hydrogen) atoms. The summed E-state index contributed by atoms with van der Waals surface area (Å²) in [5.74, 6) is 0.348. The molecule has 0 saturated carbocycles. The van der Waals surface area contributed by atoms with Crippen molar-refractivity contribution in [1.82, 2.24) is 9.96 Å². The Bertz CT molecular complexity index is 406. The summed E-state index contributed by atoms with van der Waals surface area (Å²) >= 11 is 0. The Labute approximate surface area is 119 Å². The number of nitrogens with zero attached hydrogens (tertiary/aromatic N) is 2. The van der Waals surface area contributed by atoms with Crippen LogP contribution >= 0.6 is 0 Å². The predicted molar refractivity (Wildman–Crippen MR) is 72.1 cm³/mol. The third-order valence-electron chi connectivity index (χ3n) is 3.37. The van der Waals surface area contributed by atoms with Crippen LogP contribution in [-0.2, 0) is 4.74 Å². The van der Waals surface area contributed by atoms with E-state index in [0.29, 0.717) is 5.76 Å². The molecule has 0 aromatic carbocycles. The van der Waals surface area contributed by atoms with Crippen molar-refractivity contribution in [3.63, 3.8) is 0 Å². The van der Waals surface area contributed by atoms with Crippen molar-refractivity contribution in [3.05, 3.63) is 11.8 Å². The first-order valence-electron chi connectivity index (χ1n) is 6.46. The van der Waals surface area contributed by atoms with E-state index in [-0.39, 0.29) is 6.54 Å². The van der Waals surface area contributed by atoms with Crippen LogP contribution in [0.3, 0.4) is 0 Å². The highest BCUT2D eigenvalue weighted by atomic mass is 16.6. The number of aliphatic hydroxyl groups excluding tert-OH is 2. The van der Waals surface area contributed by atoms with Crippen molar-refractivity contribution >= 4 is 6.09 Å². The van der Waals surface area contributed by atoms with Gasteiger partial charge in [-0.2, -0.15) is 5.06 Å². The number of amides is 1. The van der Waals surface area contributed by atoms with Gasteiger partial charge in [-0.3, -0.25) is 0 Å². The average molecular weight is 288 g/mol. The summed E-state index contributed by atoms with van der Waals surface area (Å²) in [5, 5.41) is 29.3. The van der Waals surface area contributed by atoms with Crippen molar-refractivity contribution in [1.29, 1.82) is 0 Å². The van der Waals surface area contributed by atoms with Crippen LogP contribution in [0.15, 0.2) is 11.8 Å². The van der Waals surface area contributed by atoms with E-state index in [1.165, 1.54) is 11.9 Å². The van der Waals surface area contributed by atoms with E-state index in [0.717, 1.165) is 5.06 Å². The number of carbonyl (C=O) groups excluding carboxylic acids is 1. The average Bonchev–Trinajstić information content (AvgIpc) is 2.49. The summed E-state index contributed by atoms with van der Waals surface area (Å²) in [5.41, 5.74) is -1.46. The Morgan fingerprint density at radius 1 is 1.45 bits per heavy atom. The molecule has 0 aliphatic carbocycles. The Kier molecular flexibility index (Phi) is 4.81. The lowest BCUT2D eigenvalue weighted by atomic mass is 10.1. The number of ether oxygens (including phenoxy) is 1. The quantitative estimate of drug-likeness (QED) is 0.699. The van der Waals surface area contributed by atoms with Crippen LogP contribution in [0.2, 0.25) is 0 Å². The molecule has 116 valence electrons. The lowest BCUT2D eigenvalue weighted by Gasteiger charge is -2.35. The molecule has 0 radical (unpaired) electrons. The zero-order valence-corrected chi connectivity index (χ0v) is 12.6. The van der Waals surface area contributed by atoms with E-state index in [4.69, 9.17) is 9.84 Å². The highest BCUT2D eigenvalue weighted by molar-refractivity contribution is 5.69. The fraction of sp³-hybridized carbons (Fsp3) is 0.769. The molecule has 7 heteroatoms. The molecule has 1 atom stereocenters. The van der Waals surface area contributed by atoms with Crippen molar-refractivity contribution < 1.29 is 25.0 Å². The van der Waals surface area contributed by atoms with Gasteiger partial charge in [0, 0.05) is 7.05 Å². The fourth-order valence-corrected chi connectivity index (χ4v) is 2.16. The molecule has 0 aromatic heterocycles. The fourth-order valence-electron chi connectivity index (χ4n) is 2.16. The minimum absolute atomic E-state index is 0.0325. The molecule has 1 rings (SSSR count). The second kappa shape index (κ2) is 5.69. The van der Waals surface area contributed by atoms with E-state index in [1.54, 1.807) is 33.8 Å². The summed E-state index contributed by atoms with van der Waals surface area (Å²) in [7, 11) is 1.46. The number of likely N-dealkylation sites (N-methyl/N-ethyl adjacent to an activating group) is 1. The van der Waals surface area contributed by atoms with Crippen LogP contribution < -0.4 is 0 Å². The maximum Gasteiger partial charge on any atom is 0.414 e. The minimum Gasteiger partial charge on any atom is -0.413 e. The summed E-state index contributed by atoms with van der Waals surface area (Å²) in [6.07, 6.45) is 0.0214. The van der Waals surface area contributed by atoms with E-state index in [9.17, 15) is 15.1 Å². The maximum atomic E-state index is 11.9. The molecule has 0 saturated heterocycles. The van der Waals surface area contributed by atoms with Crippen molar-refractivity contribution in [2.24, 2.45) is 0 Å². The van der Waals surface area contributed by atoms with Crippen LogP contribution in [0.25, 0.3) is 0 Å². The van der Waals surface area contributed by atoms with Crippen molar-refractivity contribution in [2.75, 3.05) is 20.2 Å².